The summed E-state index contributed by atoms with van der Waals surface area (Å²) in [4.78, 5) is 14.5. The van der Waals surface area contributed by atoms with Crippen LogP contribution in [0.2, 0.25) is 5.02 Å². The summed E-state index contributed by atoms with van der Waals surface area (Å²) in [5, 5.41) is 15.1. The fourth-order valence-electron chi connectivity index (χ4n) is 2.73. The summed E-state index contributed by atoms with van der Waals surface area (Å²) in [6.45, 7) is 4.08. The summed E-state index contributed by atoms with van der Waals surface area (Å²) in [6, 6.07) is 4.71. The minimum atomic E-state index is -0.459. The Labute approximate surface area is 143 Å². The molecule has 24 heavy (non-hydrogen) atoms. The number of rotatable bonds is 5. The van der Waals surface area contributed by atoms with Gasteiger partial charge in [0.15, 0.2) is 0 Å². The van der Waals surface area contributed by atoms with Gasteiger partial charge in [-0.2, -0.15) is 5.10 Å². The zero-order chi connectivity index (χ0) is 17.1. The van der Waals surface area contributed by atoms with Crippen molar-refractivity contribution in [2.75, 3.05) is 26.2 Å². The predicted molar refractivity (Wildman–Crippen MR) is 87.1 cm³/mol. The van der Waals surface area contributed by atoms with Crippen molar-refractivity contribution in [1.82, 2.24) is 19.6 Å². The summed E-state index contributed by atoms with van der Waals surface area (Å²) in [7, 11) is 0. The SMILES string of the molecule is O=[N+]([O-])c1cnn(CN2CCN(Cc3c(F)cccc3Cl)CC2)c1. The van der Waals surface area contributed by atoms with Gasteiger partial charge in [0, 0.05) is 43.3 Å². The van der Waals surface area contributed by atoms with E-state index in [2.05, 4.69) is 14.9 Å². The average Bonchev–Trinajstić information content (AvgIpc) is 3.01. The number of piperazine rings is 1. The molecular formula is C15H17ClFN5O2. The second kappa shape index (κ2) is 7.25. The maximum absolute atomic E-state index is 13.8. The molecule has 0 radical (unpaired) electrons. The molecule has 7 nitrogen and oxygen atoms in total. The first kappa shape index (κ1) is 16.8. The molecule has 0 spiro atoms. The smallest absolute Gasteiger partial charge is 0.296 e. The highest BCUT2D eigenvalue weighted by Crippen LogP contribution is 2.21. The van der Waals surface area contributed by atoms with Crippen LogP contribution in [0.25, 0.3) is 0 Å². The summed E-state index contributed by atoms with van der Waals surface area (Å²) in [5.41, 5.74) is 0.512. The first-order chi connectivity index (χ1) is 11.5. The van der Waals surface area contributed by atoms with Gasteiger partial charge in [-0.1, -0.05) is 17.7 Å². The highest BCUT2D eigenvalue weighted by molar-refractivity contribution is 6.31. The molecule has 2 aromatic rings. The van der Waals surface area contributed by atoms with E-state index in [0.29, 0.717) is 23.8 Å². The van der Waals surface area contributed by atoms with E-state index >= 15 is 0 Å². The van der Waals surface area contributed by atoms with Crippen LogP contribution >= 0.6 is 11.6 Å². The van der Waals surface area contributed by atoms with Gasteiger partial charge in [0.2, 0.25) is 0 Å². The molecule has 1 fully saturated rings. The first-order valence-electron chi connectivity index (χ1n) is 7.57. The van der Waals surface area contributed by atoms with Crippen molar-refractivity contribution in [2.24, 2.45) is 0 Å². The molecule has 0 N–H and O–H groups in total. The first-order valence-corrected chi connectivity index (χ1v) is 7.95. The van der Waals surface area contributed by atoms with Crippen LogP contribution < -0.4 is 0 Å². The van der Waals surface area contributed by atoms with Crippen LogP contribution in [0.5, 0.6) is 0 Å². The third kappa shape index (κ3) is 3.89. The average molecular weight is 354 g/mol. The molecule has 9 heteroatoms. The van der Waals surface area contributed by atoms with Gasteiger partial charge in [0.05, 0.1) is 11.6 Å². The number of halogens is 2. The lowest BCUT2D eigenvalue weighted by molar-refractivity contribution is -0.385. The highest BCUT2D eigenvalue weighted by atomic mass is 35.5. The van der Waals surface area contributed by atoms with Gasteiger partial charge < -0.3 is 0 Å². The molecule has 0 saturated carbocycles. The van der Waals surface area contributed by atoms with Crippen molar-refractivity contribution in [1.29, 1.82) is 0 Å². The quantitative estimate of drug-likeness (QED) is 0.609. The number of nitrogens with zero attached hydrogens (tertiary/aromatic N) is 5. The molecule has 1 aromatic carbocycles. The topological polar surface area (TPSA) is 67.4 Å². The van der Waals surface area contributed by atoms with Crippen molar-refractivity contribution in [3.05, 3.63) is 57.1 Å². The predicted octanol–water partition coefficient (Wildman–Crippen LogP) is 2.36. The van der Waals surface area contributed by atoms with Crippen LogP contribution in [0.15, 0.2) is 30.6 Å². The molecule has 0 unspecified atom stereocenters. The zero-order valence-electron chi connectivity index (χ0n) is 12.9. The molecule has 3 rings (SSSR count). The number of aromatic nitrogens is 2. The largest absolute Gasteiger partial charge is 0.307 e. The van der Waals surface area contributed by atoms with E-state index in [9.17, 15) is 14.5 Å². The monoisotopic (exact) mass is 353 g/mol. The Bertz CT molecular complexity index is 710. The normalized spacial score (nSPS) is 16.4. The van der Waals surface area contributed by atoms with Gasteiger partial charge in [-0.15, -0.1) is 0 Å². The summed E-state index contributed by atoms with van der Waals surface area (Å²) in [6.07, 6.45) is 2.67. The van der Waals surface area contributed by atoms with Crippen LogP contribution in [0.4, 0.5) is 10.1 Å². The van der Waals surface area contributed by atoms with E-state index in [1.165, 1.54) is 18.5 Å². The third-order valence-corrected chi connectivity index (χ3v) is 4.44. The second-order valence-corrected chi connectivity index (χ2v) is 6.14. The number of nitro groups is 1. The van der Waals surface area contributed by atoms with Crippen molar-refractivity contribution >= 4 is 17.3 Å². The van der Waals surface area contributed by atoms with Gasteiger partial charge in [-0.05, 0) is 12.1 Å². The summed E-state index contributed by atoms with van der Waals surface area (Å²) >= 11 is 6.07. The third-order valence-electron chi connectivity index (χ3n) is 4.08. The maximum atomic E-state index is 13.8. The van der Waals surface area contributed by atoms with E-state index < -0.39 is 4.92 Å². The summed E-state index contributed by atoms with van der Waals surface area (Å²) in [5.74, 6) is -0.284. The van der Waals surface area contributed by atoms with E-state index in [1.54, 1.807) is 16.8 Å². The molecule has 2 heterocycles. The fourth-order valence-corrected chi connectivity index (χ4v) is 2.95. The molecule has 1 aliphatic rings. The van der Waals surface area contributed by atoms with E-state index in [4.69, 9.17) is 11.6 Å². The molecular weight excluding hydrogens is 337 g/mol. The molecule has 1 aromatic heterocycles. The molecule has 0 atom stereocenters. The number of hydrogen-bond donors (Lipinski definition) is 0. The Balaban J connectivity index is 1.53. The minimum absolute atomic E-state index is 0.0113. The van der Waals surface area contributed by atoms with Gasteiger partial charge in [-0.3, -0.25) is 24.6 Å². The fraction of sp³-hybridized carbons (Fsp3) is 0.400. The van der Waals surface area contributed by atoms with Gasteiger partial charge in [-0.25, -0.2) is 4.39 Å². The molecule has 0 bridgehead atoms. The lowest BCUT2D eigenvalue weighted by Crippen LogP contribution is -2.46. The minimum Gasteiger partial charge on any atom is -0.296 e. The zero-order valence-corrected chi connectivity index (χ0v) is 13.7. The van der Waals surface area contributed by atoms with Crippen LogP contribution in [0.1, 0.15) is 5.56 Å². The number of benzene rings is 1. The highest BCUT2D eigenvalue weighted by Gasteiger charge is 2.20. The maximum Gasteiger partial charge on any atom is 0.307 e. The molecule has 128 valence electrons. The lowest BCUT2D eigenvalue weighted by Gasteiger charge is -2.34. The van der Waals surface area contributed by atoms with E-state index in [0.717, 1.165) is 26.2 Å². The van der Waals surface area contributed by atoms with Crippen molar-refractivity contribution in [2.45, 2.75) is 13.2 Å². The van der Waals surface area contributed by atoms with Crippen LogP contribution in [-0.2, 0) is 13.2 Å². The van der Waals surface area contributed by atoms with Crippen LogP contribution in [-0.4, -0.2) is 50.7 Å². The molecule has 0 aliphatic carbocycles. The van der Waals surface area contributed by atoms with Crippen molar-refractivity contribution in [3.63, 3.8) is 0 Å². The Morgan fingerprint density at radius 1 is 1.25 bits per heavy atom. The van der Waals surface area contributed by atoms with E-state index in [-0.39, 0.29) is 11.5 Å². The number of hydrogen-bond acceptors (Lipinski definition) is 5. The van der Waals surface area contributed by atoms with Gasteiger partial charge in [0.1, 0.15) is 18.2 Å². The van der Waals surface area contributed by atoms with Crippen LogP contribution in [0, 0.1) is 15.9 Å². The molecule has 1 aliphatic heterocycles. The standard InChI is InChI=1S/C15H17ClFN5O2/c16-14-2-1-3-15(17)13(14)10-19-4-6-20(7-5-19)11-21-9-12(8-18-21)22(23)24/h1-3,8-9H,4-7,10-11H2. The van der Waals surface area contributed by atoms with Crippen LogP contribution in [0.3, 0.4) is 0 Å². The second-order valence-electron chi connectivity index (χ2n) is 5.73. The Morgan fingerprint density at radius 2 is 1.96 bits per heavy atom. The van der Waals surface area contributed by atoms with Crippen molar-refractivity contribution < 1.29 is 9.31 Å². The molecule has 0 amide bonds. The van der Waals surface area contributed by atoms with Crippen molar-refractivity contribution in [3.8, 4) is 0 Å². The molecule has 1 saturated heterocycles. The van der Waals surface area contributed by atoms with Gasteiger partial charge in [0.25, 0.3) is 0 Å². The Kier molecular flexibility index (Phi) is 5.08. The summed E-state index contributed by atoms with van der Waals surface area (Å²) < 4.78 is 15.4. The Morgan fingerprint density at radius 3 is 2.58 bits per heavy atom. The van der Waals surface area contributed by atoms with E-state index in [1.807, 2.05) is 0 Å². The lowest BCUT2D eigenvalue weighted by atomic mass is 10.2. The Hall–Kier alpha value is -2.03. The van der Waals surface area contributed by atoms with Gasteiger partial charge >= 0.3 is 5.69 Å².